The van der Waals surface area contributed by atoms with Gasteiger partial charge in [-0.3, -0.25) is 0 Å². The molecule has 2 aromatic rings. The Balaban J connectivity index is 1.79. The van der Waals surface area contributed by atoms with E-state index in [1.807, 2.05) is 31.2 Å². The van der Waals surface area contributed by atoms with E-state index in [1.54, 1.807) is 6.07 Å². The monoisotopic (exact) mass is 351 g/mol. The number of halogens is 2. The minimum atomic E-state index is -0.346. The molecule has 24 heavy (non-hydrogen) atoms. The van der Waals surface area contributed by atoms with Crippen LogP contribution in [0.1, 0.15) is 24.5 Å². The van der Waals surface area contributed by atoms with Crippen LogP contribution in [0.15, 0.2) is 42.5 Å². The second kappa shape index (κ2) is 10.3. The second-order valence-electron chi connectivity index (χ2n) is 5.40. The molecule has 0 unspecified atom stereocenters. The van der Waals surface area contributed by atoms with Crippen LogP contribution in [-0.2, 0) is 17.9 Å². The molecule has 0 heterocycles. The molecule has 2 aromatic carbocycles. The maximum atomic E-state index is 13.0. The van der Waals surface area contributed by atoms with Crippen LogP contribution in [0.5, 0.6) is 5.75 Å². The van der Waals surface area contributed by atoms with Crippen LogP contribution in [0.4, 0.5) is 4.39 Å². The Morgan fingerprint density at radius 2 is 2.04 bits per heavy atom. The van der Waals surface area contributed by atoms with Gasteiger partial charge < -0.3 is 14.8 Å². The molecule has 0 fully saturated rings. The van der Waals surface area contributed by atoms with Gasteiger partial charge in [-0.2, -0.15) is 0 Å². The SMILES string of the molecule is CCOCCCNCc1cccc(OCc2ccc(F)cc2Cl)c1. The van der Waals surface area contributed by atoms with Gasteiger partial charge in [-0.15, -0.1) is 0 Å². The number of hydrogen-bond acceptors (Lipinski definition) is 3. The molecule has 0 saturated heterocycles. The van der Waals surface area contributed by atoms with Crippen molar-refractivity contribution < 1.29 is 13.9 Å². The van der Waals surface area contributed by atoms with Gasteiger partial charge in [-0.25, -0.2) is 4.39 Å². The Hall–Kier alpha value is -1.62. The van der Waals surface area contributed by atoms with Crippen molar-refractivity contribution >= 4 is 11.6 Å². The molecule has 0 aliphatic carbocycles. The Morgan fingerprint density at radius 1 is 1.17 bits per heavy atom. The molecular formula is C19H23ClFNO2. The van der Waals surface area contributed by atoms with Gasteiger partial charge in [-0.05, 0) is 49.7 Å². The van der Waals surface area contributed by atoms with Gasteiger partial charge in [0.1, 0.15) is 18.2 Å². The molecule has 3 nitrogen and oxygen atoms in total. The van der Waals surface area contributed by atoms with E-state index < -0.39 is 0 Å². The molecule has 0 aliphatic rings. The standard InChI is InChI=1S/C19H23ClFNO2/c1-2-23-10-4-9-22-13-15-5-3-6-18(11-15)24-14-16-7-8-17(21)12-19(16)20/h3,5-8,11-12,22H,2,4,9-10,13-14H2,1H3. The fourth-order valence-corrected chi connectivity index (χ4v) is 2.44. The van der Waals surface area contributed by atoms with Gasteiger partial charge in [-0.1, -0.05) is 29.8 Å². The van der Waals surface area contributed by atoms with Gasteiger partial charge in [0, 0.05) is 25.3 Å². The van der Waals surface area contributed by atoms with Crippen molar-refractivity contribution in [3.05, 3.63) is 64.4 Å². The minimum absolute atomic E-state index is 0.310. The third-order valence-corrected chi connectivity index (χ3v) is 3.84. The number of benzene rings is 2. The number of nitrogens with one attached hydrogen (secondary N) is 1. The van der Waals surface area contributed by atoms with Gasteiger partial charge in [0.15, 0.2) is 0 Å². The first kappa shape index (κ1) is 18.7. The first-order chi connectivity index (χ1) is 11.7. The van der Waals surface area contributed by atoms with Crippen LogP contribution >= 0.6 is 11.6 Å². The Kier molecular flexibility index (Phi) is 8.02. The molecule has 0 spiro atoms. The number of rotatable bonds is 10. The molecule has 0 radical (unpaired) electrons. The summed E-state index contributed by atoms with van der Waals surface area (Å²) in [5.41, 5.74) is 1.91. The number of ether oxygens (including phenoxy) is 2. The lowest BCUT2D eigenvalue weighted by Gasteiger charge is -2.10. The lowest BCUT2D eigenvalue weighted by molar-refractivity contribution is 0.144. The third kappa shape index (κ3) is 6.48. The molecule has 1 N–H and O–H groups in total. The largest absolute Gasteiger partial charge is 0.489 e. The smallest absolute Gasteiger partial charge is 0.124 e. The van der Waals surface area contributed by atoms with Crippen molar-refractivity contribution in [3.63, 3.8) is 0 Å². The van der Waals surface area contributed by atoms with Crippen LogP contribution in [0.25, 0.3) is 0 Å². The summed E-state index contributed by atoms with van der Waals surface area (Å²) in [6.45, 7) is 5.54. The van der Waals surface area contributed by atoms with E-state index in [1.165, 1.54) is 12.1 Å². The van der Waals surface area contributed by atoms with Gasteiger partial charge in [0.25, 0.3) is 0 Å². The molecule has 0 bridgehead atoms. The molecule has 5 heteroatoms. The van der Waals surface area contributed by atoms with Crippen molar-refractivity contribution in [1.29, 1.82) is 0 Å². The highest BCUT2D eigenvalue weighted by atomic mass is 35.5. The van der Waals surface area contributed by atoms with Crippen molar-refractivity contribution in [3.8, 4) is 5.75 Å². The molecular weight excluding hydrogens is 329 g/mol. The van der Waals surface area contributed by atoms with Crippen LogP contribution < -0.4 is 10.1 Å². The van der Waals surface area contributed by atoms with E-state index in [-0.39, 0.29) is 5.82 Å². The molecule has 0 aliphatic heterocycles. The zero-order chi connectivity index (χ0) is 17.2. The molecule has 0 saturated carbocycles. The van der Waals surface area contributed by atoms with E-state index in [0.717, 1.165) is 49.6 Å². The van der Waals surface area contributed by atoms with E-state index in [9.17, 15) is 4.39 Å². The van der Waals surface area contributed by atoms with Crippen LogP contribution in [0.2, 0.25) is 5.02 Å². The summed E-state index contributed by atoms with van der Waals surface area (Å²) in [6.07, 6.45) is 0.993. The minimum Gasteiger partial charge on any atom is -0.489 e. The van der Waals surface area contributed by atoms with Crippen molar-refractivity contribution in [2.45, 2.75) is 26.5 Å². The number of hydrogen-bond donors (Lipinski definition) is 1. The Labute approximate surface area is 147 Å². The summed E-state index contributed by atoms with van der Waals surface area (Å²) in [4.78, 5) is 0. The Morgan fingerprint density at radius 3 is 2.83 bits per heavy atom. The lowest BCUT2D eigenvalue weighted by Crippen LogP contribution is -2.16. The highest BCUT2D eigenvalue weighted by molar-refractivity contribution is 6.31. The molecule has 2 rings (SSSR count). The summed E-state index contributed by atoms with van der Waals surface area (Å²) in [5, 5.41) is 3.76. The summed E-state index contributed by atoms with van der Waals surface area (Å²) in [5.74, 6) is 0.421. The van der Waals surface area contributed by atoms with Gasteiger partial charge in [0.2, 0.25) is 0 Å². The second-order valence-corrected chi connectivity index (χ2v) is 5.81. The van der Waals surface area contributed by atoms with E-state index in [0.29, 0.717) is 11.6 Å². The molecule has 0 atom stereocenters. The van der Waals surface area contributed by atoms with E-state index >= 15 is 0 Å². The van der Waals surface area contributed by atoms with Crippen LogP contribution in [0, 0.1) is 5.82 Å². The zero-order valence-corrected chi connectivity index (χ0v) is 14.6. The van der Waals surface area contributed by atoms with Crippen molar-refractivity contribution in [1.82, 2.24) is 5.32 Å². The van der Waals surface area contributed by atoms with Crippen LogP contribution in [0.3, 0.4) is 0 Å². The van der Waals surface area contributed by atoms with Gasteiger partial charge in [0.05, 0.1) is 5.02 Å². The molecule has 0 aromatic heterocycles. The van der Waals surface area contributed by atoms with Crippen molar-refractivity contribution in [2.24, 2.45) is 0 Å². The fraction of sp³-hybridized carbons (Fsp3) is 0.368. The normalized spacial score (nSPS) is 10.8. The molecule has 130 valence electrons. The van der Waals surface area contributed by atoms with E-state index in [4.69, 9.17) is 21.1 Å². The first-order valence-electron chi connectivity index (χ1n) is 8.13. The fourth-order valence-electron chi connectivity index (χ4n) is 2.22. The predicted octanol–water partition coefficient (Wildman–Crippen LogP) is 4.57. The van der Waals surface area contributed by atoms with Crippen molar-refractivity contribution in [2.75, 3.05) is 19.8 Å². The van der Waals surface area contributed by atoms with Crippen LogP contribution in [-0.4, -0.2) is 19.8 Å². The van der Waals surface area contributed by atoms with E-state index in [2.05, 4.69) is 5.32 Å². The maximum Gasteiger partial charge on any atom is 0.124 e. The third-order valence-electron chi connectivity index (χ3n) is 3.48. The highest BCUT2D eigenvalue weighted by Crippen LogP contribution is 2.20. The summed E-state index contributed by atoms with van der Waals surface area (Å²) in [7, 11) is 0. The Bertz CT molecular complexity index is 637. The summed E-state index contributed by atoms with van der Waals surface area (Å²) < 4.78 is 24.1. The topological polar surface area (TPSA) is 30.5 Å². The average Bonchev–Trinajstić information content (AvgIpc) is 2.58. The first-order valence-corrected chi connectivity index (χ1v) is 8.51. The summed E-state index contributed by atoms with van der Waals surface area (Å²) in [6, 6.07) is 12.2. The average molecular weight is 352 g/mol. The highest BCUT2D eigenvalue weighted by Gasteiger charge is 2.04. The lowest BCUT2D eigenvalue weighted by atomic mass is 10.2. The predicted molar refractivity (Wildman–Crippen MR) is 95.0 cm³/mol. The summed E-state index contributed by atoms with van der Waals surface area (Å²) >= 11 is 6.01. The molecule has 0 amide bonds. The zero-order valence-electron chi connectivity index (χ0n) is 13.9. The maximum absolute atomic E-state index is 13.0. The quantitative estimate of drug-likeness (QED) is 0.636. The van der Waals surface area contributed by atoms with Gasteiger partial charge >= 0.3 is 0 Å².